The van der Waals surface area contributed by atoms with Crippen molar-refractivity contribution in [3.05, 3.63) is 134 Å². The van der Waals surface area contributed by atoms with Gasteiger partial charge in [0.1, 0.15) is 10.6 Å². The van der Waals surface area contributed by atoms with Crippen LogP contribution in [0.4, 0.5) is 4.39 Å². The average Bonchev–Trinajstić information content (AvgIpc) is 3.58. The van der Waals surface area contributed by atoms with Gasteiger partial charge in [-0.2, -0.15) is 0 Å². The van der Waals surface area contributed by atoms with Gasteiger partial charge in [0.2, 0.25) is 0 Å². The molecule has 0 aliphatic heterocycles. The number of aliphatic hydroxyl groups is 1. The minimum Gasteiger partial charge on any atom is -0.369 e. The maximum Gasteiger partial charge on any atom is 0.262 e. The van der Waals surface area contributed by atoms with E-state index in [1.54, 1.807) is 28.3 Å². The lowest BCUT2D eigenvalue weighted by Crippen LogP contribution is -2.26. The Morgan fingerprint density at radius 3 is 2.44 bits per heavy atom. The number of rotatable bonds is 2. The third kappa shape index (κ3) is 5.48. The summed E-state index contributed by atoms with van der Waals surface area (Å²) in [6.07, 6.45) is 12.1. The maximum atomic E-state index is 13.5. The number of fused-ring (bicyclic) bond motifs is 5. The molecule has 1 atom stereocenters. The van der Waals surface area contributed by atoms with Gasteiger partial charge in [-0.05, 0) is 66.5 Å². The number of hydrogen-bond acceptors (Lipinski definition) is 4. The van der Waals surface area contributed by atoms with Crippen LogP contribution in [-0.2, 0) is 37.8 Å². The molecule has 2 heterocycles. The third-order valence-corrected chi connectivity index (χ3v) is 8.83. The van der Waals surface area contributed by atoms with Crippen molar-refractivity contribution in [1.29, 1.82) is 0 Å². The topological polar surface area (TPSA) is 55.1 Å². The highest BCUT2D eigenvalue weighted by atomic mass is 32.1. The minimum absolute atomic E-state index is 0.109. The normalized spacial score (nSPS) is 16.6. The zero-order valence-electron chi connectivity index (χ0n) is 23.4. The largest absolute Gasteiger partial charge is 0.369 e. The highest BCUT2D eigenvalue weighted by Crippen LogP contribution is 2.37. The number of nitrogens with zero attached hydrogens (tertiary/aromatic N) is 2. The highest BCUT2D eigenvalue weighted by molar-refractivity contribution is 7.18. The van der Waals surface area contributed by atoms with E-state index in [1.807, 2.05) is 68.4 Å². The van der Waals surface area contributed by atoms with Crippen molar-refractivity contribution in [3.63, 3.8) is 0 Å². The summed E-state index contributed by atoms with van der Waals surface area (Å²) in [6, 6.07) is 22.0. The smallest absolute Gasteiger partial charge is 0.262 e. The maximum absolute atomic E-state index is 13.5. The predicted molar refractivity (Wildman–Crippen MR) is 165 cm³/mol. The van der Waals surface area contributed by atoms with Crippen molar-refractivity contribution >= 4 is 21.6 Å². The number of aromatic nitrogens is 2. The zero-order chi connectivity index (χ0) is 29.0. The van der Waals surface area contributed by atoms with E-state index < -0.39 is 5.60 Å². The molecule has 2 aliphatic rings. The standard InChI is InChI=1S/C17H13FO.C16H14N2OS.C2H6/c1-2-17(19)15-6-4-3-5-12(15)7-8-13-9-10-14(18)11-16(13)17;19-16-14-12-7-4-8-13(12)20-15(14)17-10-18(16)9-11-5-2-1-3-6-11;1-2/h1,3-6,9-11,19H,7-8H2;1-3,5-6,10H,4,7-9H2;1-2H3. The van der Waals surface area contributed by atoms with Gasteiger partial charge >= 0.3 is 0 Å². The number of aryl methyl sites for hydroxylation is 4. The molecule has 0 radical (unpaired) electrons. The van der Waals surface area contributed by atoms with Crippen LogP contribution in [0.25, 0.3) is 10.2 Å². The molecule has 0 bridgehead atoms. The molecule has 0 spiro atoms. The molecule has 0 fully saturated rings. The summed E-state index contributed by atoms with van der Waals surface area (Å²) >= 11 is 1.69. The van der Waals surface area contributed by atoms with Gasteiger partial charge < -0.3 is 5.11 Å². The third-order valence-electron chi connectivity index (χ3n) is 7.63. The van der Waals surface area contributed by atoms with Crippen LogP contribution >= 0.6 is 11.3 Å². The van der Waals surface area contributed by atoms with E-state index in [0.717, 1.165) is 52.6 Å². The molecule has 3 aromatic carbocycles. The number of hydrogen-bond donors (Lipinski definition) is 1. The zero-order valence-corrected chi connectivity index (χ0v) is 24.2. The van der Waals surface area contributed by atoms with Crippen molar-refractivity contribution < 1.29 is 9.50 Å². The van der Waals surface area contributed by atoms with Crippen LogP contribution in [-0.4, -0.2) is 14.7 Å². The molecule has 1 unspecified atom stereocenters. The van der Waals surface area contributed by atoms with Crippen LogP contribution in [0.5, 0.6) is 0 Å². The first-order chi connectivity index (χ1) is 20.0. The summed E-state index contributed by atoms with van der Waals surface area (Å²) in [7, 11) is 0. The molecule has 0 amide bonds. The Morgan fingerprint density at radius 2 is 1.68 bits per heavy atom. The monoisotopic (exact) mass is 564 g/mol. The van der Waals surface area contributed by atoms with Crippen molar-refractivity contribution in [3.8, 4) is 12.3 Å². The second-order valence-electron chi connectivity index (χ2n) is 10.0. The summed E-state index contributed by atoms with van der Waals surface area (Å²) in [6.45, 7) is 4.59. The van der Waals surface area contributed by atoms with Crippen LogP contribution in [0, 0.1) is 18.2 Å². The molecule has 0 saturated carbocycles. The van der Waals surface area contributed by atoms with Gasteiger partial charge in [-0.3, -0.25) is 9.36 Å². The van der Waals surface area contributed by atoms with E-state index in [0.29, 0.717) is 17.7 Å². The van der Waals surface area contributed by atoms with Gasteiger partial charge in [-0.25, -0.2) is 9.37 Å². The molecule has 0 saturated heterocycles. The van der Waals surface area contributed by atoms with E-state index in [4.69, 9.17) is 6.42 Å². The minimum atomic E-state index is -1.55. The molecule has 6 heteroatoms. The van der Waals surface area contributed by atoms with Crippen molar-refractivity contribution in [2.24, 2.45) is 0 Å². The van der Waals surface area contributed by atoms with Gasteiger partial charge in [-0.1, -0.05) is 80.4 Å². The van der Waals surface area contributed by atoms with Crippen molar-refractivity contribution in [1.82, 2.24) is 9.55 Å². The Morgan fingerprint density at radius 1 is 0.976 bits per heavy atom. The first-order valence-electron chi connectivity index (χ1n) is 14.1. The van der Waals surface area contributed by atoms with Crippen LogP contribution in [0.1, 0.15) is 58.5 Å². The van der Waals surface area contributed by atoms with Crippen molar-refractivity contribution in [2.45, 2.75) is 58.1 Å². The molecule has 4 nitrogen and oxygen atoms in total. The Balaban J connectivity index is 0.000000156. The van der Waals surface area contributed by atoms with E-state index in [9.17, 15) is 14.3 Å². The Bertz CT molecular complexity index is 1780. The first kappa shape index (κ1) is 28.5. The molecular weight excluding hydrogens is 531 g/mol. The second-order valence-corrected chi connectivity index (χ2v) is 11.1. The molecule has 2 aliphatic carbocycles. The van der Waals surface area contributed by atoms with E-state index in [-0.39, 0.29) is 11.4 Å². The molecule has 5 aromatic rings. The van der Waals surface area contributed by atoms with Crippen LogP contribution in [0.15, 0.2) is 83.9 Å². The quantitative estimate of drug-likeness (QED) is 0.240. The van der Waals surface area contributed by atoms with Gasteiger partial charge in [0, 0.05) is 16.0 Å². The molecule has 208 valence electrons. The van der Waals surface area contributed by atoms with Crippen LogP contribution in [0.3, 0.4) is 0 Å². The average molecular weight is 565 g/mol. The van der Waals surface area contributed by atoms with Gasteiger partial charge in [-0.15, -0.1) is 17.8 Å². The van der Waals surface area contributed by atoms with E-state index >= 15 is 0 Å². The predicted octanol–water partition coefficient (Wildman–Crippen LogP) is 6.81. The second kappa shape index (κ2) is 12.2. The fourth-order valence-corrected chi connectivity index (χ4v) is 6.90. The molecule has 41 heavy (non-hydrogen) atoms. The SMILES string of the molecule is C#CC1(O)c2ccccc2CCc2ccc(F)cc21.CC.O=c1c2c3c(sc2ncn1Cc1ccccc1)CCC3. The lowest BCUT2D eigenvalue weighted by molar-refractivity contribution is 0.144. The fourth-order valence-electron chi connectivity index (χ4n) is 5.68. The summed E-state index contributed by atoms with van der Waals surface area (Å²) < 4.78 is 15.2. The summed E-state index contributed by atoms with van der Waals surface area (Å²) in [5, 5.41) is 11.7. The molecule has 7 rings (SSSR count). The van der Waals surface area contributed by atoms with Crippen LogP contribution < -0.4 is 5.56 Å². The molecule has 1 N–H and O–H groups in total. The Kier molecular flexibility index (Phi) is 8.49. The summed E-state index contributed by atoms with van der Waals surface area (Å²) in [5.74, 6) is 2.07. The highest BCUT2D eigenvalue weighted by Gasteiger charge is 2.35. The van der Waals surface area contributed by atoms with E-state index in [1.165, 1.54) is 29.0 Å². The summed E-state index contributed by atoms with van der Waals surface area (Å²) in [5.41, 5.74) is 4.02. The summed E-state index contributed by atoms with van der Waals surface area (Å²) in [4.78, 5) is 19.4. The fraction of sp³-hybridized carbons (Fsp3) is 0.257. The van der Waals surface area contributed by atoms with Crippen molar-refractivity contribution in [2.75, 3.05) is 0 Å². The van der Waals surface area contributed by atoms with Crippen LogP contribution in [0.2, 0.25) is 0 Å². The van der Waals surface area contributed by atoms with Gasteiger partial charge in [0.05, 0.1) is 18.3 Å². The Labute approximate surface area is 244 Å². The number of benzene rings is 3. The van der Waals surface area contributed by atoms with Gasteiger partial charge in [0.25, 0.3) is 5.56 Å². The molecular formula is C35H33FN2O2S. The lowest BCUT2D eigenvalue weighted by Gasteiger charge is -2.25. The van der Waals surface area contributed by atoms with E-state index in [2.05, 4.69) is 10.9 Å². The Hall–Kier alpha value is -4.05. The number of halogens is 1. The molecule has 2 aromatic heterocycles. The van der Waals surface area contributed by atoms with Gasteiger partial charge in [0.15, 0.2) is 5.60 Å². The number of thiophene rings is 1. The first-order valence-corrected chi connectivity index (χ1v) is 14.9. The number of terminal acetylenes is 1. The lowest BCUT2D eigenvalue weighted by atomic mass is 9.84.